The number of aromatic carboxylic acids is 1. The fourth-order valence-corrected chi connectivity index (χ4v) is 4.17. The monoisotopic (exact) mass is 300 g/mol. The highest BCUT2D eigenvalue weighted by Crippen LogP contribution is 2.23. The van der Waals surface area contributed by atoms with Gasteiger partial charge in [-0.15, -0.1) is 0 Å². The summed E-state index contributed by atoms with van der Waals surface area (Å²) < 4.78 is 23.7. The first-order valence-electron chi connectivity index (χ1n) is 6.26. The highest BCUT2D eigenvalue weighted by atomic mass is 32.2. The molecule has 1 aliphatic heterocycles. The van der Waals surface area contributed by atoms with Crippen LogP contribution >= 0.6 is 0 Å². The average molecular weight is 300 g/mol. The van der Waals surface area contributed by atoms with Crippen molar-refractivity contribution >= 4 is 27.4 Å². The third-order valence-electron chi connectivity index (χ3n) is 3.42. The zero-order valence-electron chi connectivity index (χ0n) is 11.0. The van der Waals surface area contributed by atoms with Crippen molar-refractivity contribution in [2.75, 3.05) is 11.1 Å². The van der Waals surface area contributed by atoms with Gasteiger partial charge in [0.25, 0.3) is 0 Å². The summed E-state index contributed by atoms with van der Waals surface area (Å²) in [5, 5.41) is 10.4. The van der Waals surface area contributed by atoms with Crippen LogP contribution in [-0.4, -0.2) is 41.4 Å². The first-order valence-corrected chi connectivity index (χ1v) is 7.98. The van der Waals surface area contributed by atoms with Gasteiger partial charge >= 0.3 is 5.97 Å². The fourth-order valence-electron chi connectivity index (χ4n) is 2.36. The van der Waals surface area contributed by atoms with Gasteiger partial charge in [0.1, 0.15) is 10.8 Å². The smallest absolute Gasteiger partial charge is 0.339 e. The minimum Gasteiger partial charge on any atom is -0.478 e. The number of hydrogen-bond donors (Lipinski definition) is 3. The molecule has 20 heavy (non-hydrogen) atoms. The highest BCUT2D eigenvalue weighted by molar-refractivity contribution is 7.92. The highest BCUT2D eigenvalue weighted by Gasteiger charge is 2.35. The molecule has 0 spiro atoms. The molecule has 0 aliphatic carbocycles. The lowest BCUT2D eigenvalue weighted by Gasteiger charge is -2.21. The molecule has 0 aromatic carbocycles. The number of carboxylic acids is 1. The maximum Gasteiger partial charge on any atom is 0.339 e. The largest absolute Gasteiger partial charge is 0.478 e. The predicted molar refractivity (Wildman–Crippen MR) is 72.5 cm³/mol. The van der Waals surface area contributed by atoms with Gasteiger partial charge in [-0.1, -0.05) is 6.42 Å². The van der Waals surface area contributed by atoms with Crippen molar-refractivity contribution in [3.05, 3.63) is 17.5 Å². The molecule has 0 bridgehead atoms. The van der Waals surface area contributed by atoms with Gasteiger partial charge in [-0.3, -0.25) is 4.79 Å². The number of carboxylic acid groups (broad SMARTS) is 1. The number of amides is 1. The molecular formula is C12H16N2O5S. The van der Waals surface area contributed by atoms with Gasteiger partial charge in [-0.2, -0.15) is 0 Å². The fraction of sp³-hybridized carbons (Fsp3) is 0.500. The molecular weight excluding hydrogens is 284 g/mol. The molecule has 1 fully saturated rings. The molecule has 1 aliphatic rings. The van der Waals surface area contributed by atoms with Crippen LogP contribution in [0.5, 0.6) is 0 Å². The summed E-state index contributed by atoms with van der Waals surface area (Å²) >= 11 is 0. The van der Waals surface area contributed by atoms with Crippen molar-refractivity contribution < 1.29 is 23.1 Å². The number of sulfone groups is 1. The molecule has 1 saturated heterocycles. The standard InChI is InChI=1S/C12H16N2O5S/c1-7-10(12(16)17)8(6-13-7)14-11(15)9-4-2-3-5-20(9,18)19/h6,9,13H,2-5H2,1H3,(H,14,15)(H,16,17). The lowest BCUT2D eigenvalue weighted by atomic mass is 10.1. The molecule has 0 radical (unpaired) electrons. The van der Waals surface area contributed by atoms with E-state index in [0.29, 0.717) is 18.5 Å². The van der Waals surface area contributed by atoms with Gasteiger partial charge in [0.05, 0.1) is 11.4 Å². The number of anilines is 1. The van der Waals surface area contributed by atoms with Gasteiger partial charge in [0, 0.05) is 11.9 Å². The van der Waals surface area contributed by atoms with Crippen molar-refractivity contribution in [1.29, 1.82) is 0 Å². The van der Waals surface area contributed by atoms with E-state index in [1.54, 1.807) is 6.92 Å². The summed E-state index contributed by atoms with van der Waals surface area (Å²) in [6.07, 6.45) is 2.87. The molecule has 110 valence electrons. The van der Waals surface area contributed by atoms with Gasteiger partial charge in [0.2, 0.25) is 5.91 Å². The van der Waals surface area contributed by atoms with E-state index >= 15 is 0 Å². The summed E-state index contributed by atoms with van der Waals surface area (Å²) in [6.45, 7) is 1.57. The Kier molecular flexibility index (Phi) is 3.85. The lowest BCUT2D eigenvalue weighted by Crippen LogP contribution is -2.39. The second-order valence-corrected chi connectivity index (χ2v) is 7.15. The second kappa shape index (κ2) is 5.28. The number of carbonyl (C=O) groups is 2. The normalized spacial score (nSPS) is 21.4. The summed E-state index contributed by atoms with van der Waals surface area (Å²) in [6, 6.07) is 0. The van der Waals surface area contributed by atoms with Crippen molar-refractivity contribution in [3.8, 4) is 0 Å². The van der Waals surface area contributed by atoms with E-state index in [-0.39, 0.29) is 23.4 Å². The van der Waals surface area contributed by atoms with Crippen LogP contribution in [0.15, 0.2) is 6.20 Å². The minimum absolute atomic E-state index is 0.00301. The maximum atomic E-state index is 12.1. The summed E-state index contributed by atoms with van der Waals surface area (Å²) in [5.41, 5.74) is 0.451. The second-order valence-electron chi connectivity index (χ2n) is 4.85. The van der Waals surface area contributed by atoms with Crippen LogP contribution in [-0.2, 0) is 14.6 Å². The molecule has 1 aromatic heterocycles. The van der Waals surface area contributed by atoms with E-state index < -0.39 is 27.0 Å². The first kappa shape index (κ1) is 14.6. The molecule has 1 atom stereocenters. The third kappa shape index (κ3) is 2.69. The number of nitrogens with one attached hydrogen (secondary N) is 2. The van der Waals surface area contributed by atoms with Gasteiger partial charge in [-0.25, -0.2) is 13.2 Å². The molecule has 2 rings (SSSR count). The van der Waals surface area contributed by atoms with Crippen LogP contribution in [0.4, 0.5) is 5.69 Å². The van der Waals surface area contributed by atoms with Crippen LogP contribution < -0.4 is 5.32 Å². The molecule has 2 heterocycles. The molecule has 1 aromatic rings. The van der Waals surface area contributed by atoms with Crippen molar-refractivity contribution in [1.82, 2.24) is 4.98 Å². The number of carbonyl (C=O) groups excluding carboxylic acids is 1. The van der Waals surface area contributed by atoms with Crippen LogP contribution in [0, 0.1) is 6.92 Å². The SMILES string of the molecule is Cc1[nH]cc(NC(=O)C2CCCCS2(=O)=O)c1C(=O)O. The van der Waals surface area contributed by atoms with Gasteiger partial charge in [0.15, 0.2) is 9.84 Å². The molecule has 3 N–H and O–H groups in total. The predicted octanol–water partition coefficient (Wildman–Crippen LogP) is 0.927. The Hall–Kier alpha value is -1.83. The number of rotatable bonds is 3. The summed E-state index contributed by atoms with van der Waals surface area (Å²) in [4.78, 5) is 25.9. The van der Waals surface area contributed by atoms with Gasteiger partial charge in [-0.05, 0) is 19.8 Å². The van der Waals surface area contributed by atoms with E-state index in [1.165, 1.54) is 6.20 Å². The number of aromatic nitrogens is 1. The zero-order chi connectivity index (χ0) is 14.9. The maximum absolute atomic E-state index is 12.1. The quantitative estimate of drug-likeness (QED) is 0.767. The topological polar surface area (TPSA) is 116 Å². The summed E-state index contributed by atoms with van der Waals surface area (Å²) in [7, 11) is -3.44. The van der Waals surface area contributed by atoms with Crippen molar-refractivity contribution in [2.24, 2.45) is 0 Å². The Morgan fingerprint density at radius 2 is 2.10 bits per heavy atom. The Morgan fingerprint density at radius 3 is 2.70 bits per heavy atom. The average Bonchev–Trinajstić information content (AvgIpc) is 2.69. The van der Waals surface area contributed by atoms with E-state index in [2.05, 4.69) is 10.3 Å². The Morgan fingerprint density at radius 1 is 1.40 bits per heavy atom. The van der Waals surface area contributed by atoms with Crippen LogP contribution in [0.1, 0.15) is 35.3 Å². The van der Waals surface area contributed by atoms with E-state index in [1.807, 2.05) is 0 Å². The molecule has 7 nitrogen and oxygen atoms in total. The zero-order valence-corrected chi connectivity index (χ0v) is 11.8. The van der Waals surface area contributed by atoms with E-state index in [9.17, 15) is 18.0 Å². The molecule has 0 saturated carbocycles. The van der Waals surface area contributed by atoms with Crippen LogP contribution in [0.2, 0.25) is 0 Å². The Labute approximate surface area is 116 Å². The third-order valence-corrected chi connectivity index (χ3v) is 5.59. The van der Waals surface area contributed by atoms with Gasteiger partial charge < -0.3 is 15.4 Å². The van der Waals surface area contributed by atoms with Crippen LogP contribution in [0.3, 0.4) is 0 Å². The number of aromatic amines is 1. The van der Waals surface area contributed by atoms with Crippen molar-refractivity contribution in [3.63, 3.8) is 0 Å². The Bertz CT molecular complexity index is 647. The number of aryl methyl sites for hydroxylation is 1. The summed E-state index contributed by atoms with van der Waals surface area (Å²) in [5.74, 6) is -1.83. The molecule has 1 unspecified atom stereocenters. The first-order chi connectivity index (χ1) is 9.33. The number of hydrogen-bond acceptors (Lipinski definition) is 4. The van der Waals surface area contributed by atoms with Crippen LogP contribution in [0.25, 0.3) is 0 Å². The molecule has 8 heteroatoms. The molecule has 1 amide bonds. The minimum atomic E-state index is -3.44. The van der Waals surface area contributed by atoms with Crippen molar-refractivity contribution in [2.45, 2.75) is 31.4 Å². The van der Waals surface area contributed by atoms with E-state index in [4.69, 9.17) is 5.11 Å². The lowest BCUT2D eigenvalue weighted by molar-refractivity contribution is -0.116. The van der Waals surface area contributed by atoms with E-state index in [0.717, 1.165) is 0 Å². The Balaban J connectivity index is 2.22. The number of H-pyrrole nitrogens is 1.